The molecule has 0 saturated carbocycles. The van der Waals surface area contributed by atoms with Gasteiger partial charge in [-0.25, -0.2) is 0 Å². The predicted molar refractivity (Wildman–Crippen MR) is 74.8 cm³/mol. The maximum Gasteiger partial charge on any atom is 0.0928 e. The van der Waals surface area contributed by atoms with Crippen molar-refractivity contribution < 1.29 is 5.11 Å². The van der Waals surface area contributed by atoms with Crippen LogP contribution in [-0.2, 0) is 13.1 Å². The van der Waals surface area contributed by atoms with E-state index < -0.39 is 0 Å². The molecule has 18 heavy (non-hydrogen) atoms. The summed E-state index contributed by atoms with van der Waals surface area (Å²) in [6.45, 7) is 2.48. The van der Waals surface area contributed by atoms with Gasteiger partial charge < -0.3 is 5.11 Å². The van der Waals surface area contributed by atoms with Crippen LogP contribution in [0.4, 0.5) is 0 Å². The van der Waals surface area contributed by atoms with Crippen LogP contribution in [0.15, 0.2) is 35.7 Å². The standard InChI is InChI=1S/C14H14ClNOS/c15-11-3-1-10(2-4-11)7-16-8-13(17)12-5-6-18-14(12)9-16/h1-6,13,17H,7-9H2. The van der Waals surface area contributed by atoms with Crippen LogP contribution < -0.4 is 0 Å². The molecule has 1 N–H and O–H groups in total. The van der Waals surface area contributed by atoms with Gasteiger partial charge in [0, 0.05) is 29.5 Å². The summed E-state index contributed by atoms with van der Waals surface area (Å²) in [5.74, 6) is 0. The van der Waals surface area contributed by atoms with Crippen LogP contribution in [0.1, 0.15) is 22.1 Å². The van der Waals surface area contributed by atoms with Gasteiger partial charge in [-0.15, -0.1) is 11.3 Å². The smallest absolute Gasteiger partial charge is 0.0928 e. The number of rotatable bonds is 2. The molecule has 2 heterocycles. The van der Waals surface area contributed by atoms with Crippen LogP contribution >= 0.6 is 22.9 Å². The molecule has 1 aromatic carbocycles. The van der Waals surface area contributed by atoms with Crippen LogP contribution in [0.5, 0.6) is 0 Å². The minimum atomic E-state index is -0.354. The van der Waals surface area contributed by atoms with Gasteiger partial charge in [0.1, 0.15) is 0 Å². The summed E-state index contributed by atoms with van der Waals surface area (Å²) < 4.78 is 0. The van der Waals surface area contributed by atoms with E-state index in [1.165, 1.54) is 10.4 Å². The Morgan fingerprint density at radius 3 is 2.83 bits per heavy atom. The van der Waals surface area contributed by atoms with Gasteiger partial charge in [-0.2, -0.15) is 0 Å². The van der Waals surface area contributed by atoms with Crippen molar-refractivity contribution in [3.63, 3.8) is 0 Å². The number of fused-ring (bicyclic) bond motifs is 1. The molecule has 0 fully saturated rings. The average molecular weight is 280 g/mol. The zero-order valence-corrected chi connectivity index (χ0v) is 11.4. The predicted octanol–water partition coefficient (Wildman–Crippen LogP) is 3.45. The lowest BCUT2D eigenvalue weighted by Crippen LogP contribution is -2.32. The Balaban J connectivity index is 1.74. The molecule has 0 saturated heterocycles. The lowest BCUT2D eigenvalue weighted by Gasteiger charge is -2.30. The van der Waals surface area contributed by atoms with Crippen molar-refractivity contribution in [2.45, 2.75) is 19.2 Å². The fourth-order valence-electron chi connectivity index (χ4n) is 2.35. The van der Waals surface area contributed by atoms with E-state index in [9.17, 15) is 5.11 Å². The number of thiophene rings is 1. The first-order valence-electron chi connectivity index (χ1n) is 5.93. The van der Waals surface area contributed by atoms with Crippen LogP contribution in [0.3, 0.4) is 0 Å². The van der Waals surface area contributed by atoms with Gasteiger partial charge in [0.25, 0.3) is 0 Å². The molecule has 1 aromatic heterocycles. The topological polar surface area (TPSA) is 23.5 Å². The molecular formula is C14H14ClNOS. The molecule has 0 radical (unpaired) electrons. The van der Waals surface area contributed by atoms with Crippen molar-refractivity contribution in [1.29, 1.82) is 0 Å². The highest BCUT2D eigenvalue weighted by molar-refractivity contribution is 7.10. The Morgan fingerprint density at radius 2 is 2.06 bits per heavy atom. The van der Waals surface area contributed by atoms with Crippen molar-refractivity contribution in [3.8, 4) is 0 Å². The fraction of sp³-hybridized carbons (Fsp3) is 0.286. The van der Waals surface area contributed by atoms with Crippen molar-refractivity contribution in [3.05, 3.63) is 56.7 Å². The summed E-state index contributed by atoms with van der Waals surface area (Å²) in [5.41, 5.74) is 2.33. The van der Waals surface area contributed by atoms with E-state index in [0.717, 1.165) is 23.7 Å². The molecule has 1 aliphatic rings. The van der Waals surface area contributed by atoms with E-state index in [4.69, 9.17) is 11.6 Å². The summed E-state index contributed by atoms with van der Waals surface area (Å²) in [7, 11) is 0. The largest absolute Gasteiger partial charge is 0.387 e. The van der Waals surface area contributed by atoms with Crippen LogP contribution in [0, 0.1) is 0 Å². The molecule has 4 heteroatoms. The highest BCUT2D eigenvalue weighted by atomic mass is 35.5. The van der Waals surface area contributed by atoms with E-state index in [2.05, 4.69) is 10.3 Å². The Hall–Kier alpha value is -0.870. The third kappa shape index (κ3) is 2.45. The van der Waals surface area contributed by atoms with Gasteiger partial charge >= 0.3 is 0 Å². The van der Waals surface area contributed by atoms with Crippen molar-refractivity contribution in [2.24, 2.45) is 0 Å². The van der Waals surface area contributed by atoms with Gasteiger partial charge in [0.2, 0.25) is 0 Å². The van der Waals surface area contributed by atoms with Crippen LogP contribution in [-0.4, -0.2) is 16.6 Å². The summed E-state index contributed by atoms with van der Waals surface area (Å²) in [4.78, 5) is 3.55. The molecule has 0 amide bonds. The molecule has 0 bridgehead atoms. The maximum absolute atomic E-state index is 10.1. The number of nitrogens with zero attached hydrogens (tertiary/aromatic N) is 1. The third-order valence-electron chi connectivity index (χ3n) is 3.26. The SMILES string of the molecule is OC1CN(Cc2ccc(Cl)cc2)Cc2sccc21. The van der Waals surface area contributed by atoms with E-state index in [-0.39, 0.29) is 6.10 Å². The van der Waals surface area contributed by atoms with Crippen LogP contribution in [0.25, 0.3) is 0 Å². The second kappa shape index (κ2) is 5.02. The Bertz CT molecular complexity index is 537. The molecule has 1 unspecified atom stereocenters. The first kappa shape index (κ1) is 12.2. The molecule has 0 aliphatic carbocycles. The van der Waals surface area contributed by atoms with Gasteiger partial charge in [-0.05, 0) is 34.7 Å². The third-order valence-corrected chi connectivity index (χ3v) is 4.43. The van der Waals surface area contributed by atoms with E-state index in [1.807, 2.05) is 30.3 Å². The average Bonchev–Trinajstić information content (AvgIpc) is 2.81. The second-order valence-electron chi connectivity index (χ2n) is 4.61. The number of β-amino-alcohol motifs (C(OH)–C–C–N with tert-alkyl or cyclic N) is 1. The molecule has 1 aliphatic heterocycles. The van der Waals surface area contributed by atoms with E-state index >= 15 is 0 Å². The van der Waals surface area contributed by atoms with Crippen LogP contribution in [0.2, 0.25) is 5.02 Å². The first-order chi connectivity index (χ1) is 8.72. The summed E-state index contributed by atoms with van der Waals surface area (Å²) >= 11 is 7.60. The first-order valence-corrected chi connectivity index (χ1v) is 7.19. The maximum atomic E-state index is 10.1. The lowest BCUT2D eigenvalue weighted by molar-refractivity contribution is 0.0901. The number of halogens is 1. The molecule has 0 spiro atoms. The van der Waals surface area contributed by atoms with Gasteiger partial charge in [-0.1, -0.05) is 23.7 Å². The van der Waals surface area contributed by atoms with Gasteiger partial charge in [0.05, 0.1) is 6.10 Å². The monoisotopic (exact) mass is 279 g/mol. The minimum Gasteiger partial charge on any atom is -0.387 e. The number of hydrogen-bond acceptors (Lipinski definition) is 3. The summed E-state index contributed by atoms with van der Waals surface area (Å²) in [5, 5.41) is 12.9. The Morgan fingerprint density at radius 1 is 1.28 bits per heavy atom. The highest BCUT2D eigenvalue weighted by Crippen LogP contribution is 2.31. The quantitative estimate of drug-likeness (QED) is 0.910. The second-order valence-corrected chi connectivity index (χ2v) is 6.05. The lowest BCUT2D eigenvalue weighted by atomic mass is 10.1. The number of hydrogen-bond donors (Lipinski definition) is 1. The van der Waals surface area contributed by atoms with Crippen molar-refractivity contribution in [2.75, 3.05) is 6.54 Å². The van der Waals surface area contributed by atoms with Gasteiger partial charge in [0.15, 0.2) is 0 Å². The normalized spacial score (nSPS) is 19.8. The zero-order chi connectivity index (χ0) is 12.5. The van der Waals surface area contributed by atoms with Crippen molar-refractivity contribution in [1.82, 2.24) is 4.90 Å². The minimum absolute atomic E-state index is 0.354. The molecule has 94 valence electrons. The summed E-state index contributed by atoms with van der Waals surface area (Å²) in [6.07, 6.45) is -0.354. The Kier molecular flexibility index (Phi) is 3.39. The number of aliphatic hydroxyl groups is 1. The van der Waals surface area contributed by atoms with Crippen molar-refractivity contribution >= 4 is 22.9 Å². The molecule has 1 atom stereocenters. The van der Waals surface area contributed by atoms with E-state index in [0.29, 0.717) is 6.54 Å². The highest BCUT2D eigenvalue weighted by Gasteiger charge is 2.24. The number of benzene rings is 1. The fourth-order valence-corrected chi connectivity index (χ4v) is 3.46. The Labute approximate surface area is 115 Å². The molecule has 2 nitrogen and oxygen atoms in total. The van der Waals surface area contributed by atoms with Gasteiger partial charge in [-0.3, -0.25) is 4.90 Å². The summed E-state index contributed by atoms with van der Waals surface area (Å²) in [6, 6.07) is 9.93. The zero-order valence-electron chi connectivity index (χ0n) is 9.84. The number of aliphatic hydroxyl groups excluding tert-OH is 1. The molecule has 2 aromatic rings. The molecular weight excluding hydrogens is 266 g/mol. The van der Waals surface area contributed by atoms with E-state index in [1.54, 1.807) is 11.3 Å². The molecule has 3 rings (SSSR count).